The fraction of sp³-hybridized carbons (Fsp3) is 0.960. The molecule has 7 unspecified atom stereocenters. The number of aliphatic hydroxyl groups excluding tert-OH is 1. The van der Waals surface area contributed by atoms with E-state index in [2.05, 4.69) is 27.7 Å². The van der Waals surface area contributed by atoms with E-state index in [1.807, 2.05) is 0 Å². The van der Waals surface area contributed by atoms with Crippen molar-refractivity contribution in [2.24, 2.45) is 39.9 Å². The molecule has 4 rings (SSSR count). The molecular weight excluding hydrogens is 364 g/mol. The number of hydrogen-bond donors (Lipinski definition) is 2. The van der Waals surface area contributed by atoms with E-state index in [1.54, 1.807) is 0 Å². The van der Waals surface area contributed by atoms with Gasteiger partial charge >= 0.3 is 5.97 Å². The Morgan fingerprint density at radius 2 is 1.83 bits per heavy atom. The fourth-order valence-electron chi connectivity index (χ4n) is 8.67. The zero-order chi connectivity index (χ0) is 21.1. The van der Waals surface area contributed by atoms with E-state index < -0.39 is 5.60 Å². The number of ether oxygens (including phenoxy) is 1. The molecule has 4 aliphatic carbocycles. The van der Waals surface area contributed by atoms with E-state index in [0.29, 0.717) is 36.2 Å². The smallest absolute Gasteiger partial charge is 0.306 e. The van der Waals surface area contributed by atoms with Gasteiger partial charge in [-0.15, -0.1) is 0 Å². The Balaban J connectivity index is 1.57. The van der Waals surface area contributed by atoms with Crippen LogP contribution < -0.4 is 0 Å². The van der Waals surface area contributed by atoms with Crippen molar-refractivity contribution in [3.05, 3.63) is 0 Å². The summed E-state index contributed by atoms with van der Waals surface area (Å²) in [5, 5.41) is 21.0. The molecule has 2 bridgehead atoms. The van der Waals surface area contributed by atoms with Gasteiger partial charge in [0.1, 0.15) is 0 Å². The summed E-state index contributed by atoms with van der Waals surface area (Å²) in [6.07, 6.45) is 10.5. The minimum atomic E-state index is -0.863. The third-order valence-corrected chi connectivity index (χ3v) is 10.1. The molecule has 0 amide bonds. The van der Waals surface area contributed by atoms with E-state index in [4.69, 9.17) is 4.74 Å². The molecule has 4 aliphatic rings. The summed E-state index contributed by atoms with van der Waals surface area (Å²) < 4.78 is 5.84. The topological polar surface area (TPSA) is 66.8 Å². The number of carbonyl (C=O) groups is 1. The zero-order valence-corrected chi connectivity index (χ0v) is 19.0. The SMILES string of the molecule is CC(C)CC(=O)OCC1(C)CCCC2(C)C1CCC1CC(O)(CO)C3CCC12C3. The van der Waals surface area contributed by atoms with Crippen molar-refractivity contribution < 1.29 is 19.7 Å². The quantitative estimate of drug-likeness (QED) is 0.649. The number of esters is 1. The van der Waals surface area contributed by atoms with Crippen LogP contribution in [-0.4, -0.2) is 35.0 Å². The van der Waals surface area contributed by atoms with Gasteiger partial charge in [0.25, 0.3) is 0 Å². The first-order valence-corrected chi connectivity index (χ1v) is 12.1. The van der Waals surface area contributed by atoms with Crippen molar-refractivity contribution in [3.8, 4) is 0 Å². The van der Waals surface area contributed by atoms with Gasteiger partial charge in [0, 0.05) is 11.8 Å². The highest BCUT2D eigenvalue weighted by atomic mass is 16.5. The van der Waals surface area contributed by atoms with Gasteiger partial charge in [-0.3, -0.25) is 4.79 Å². The first kappa shape index (κ1) is 21.6. The van der Waals surface area contributed by atoms with Crippen LogP contribution in [0, 0.1) is 39.9 Å². The maximum Gasteiger partial charge on any atom is 0.306 e. The maximum atomic E-state index is 12.3. The zero-order valence-electron chi connectivity index (χ0n) is 19.0. The van der Waals surface area contributed by atoms with E-state index >= 15 is 0 Å². The number of rotatable bonds is 5. The lowest BCUT2D eigenvalue weighted by atomic mass is 9.38. The number of carbonyl (C=O) groups excluding carboxylic acids is 1. The first-order chi connectivity index (χ1) is 13.6. The molecule has 0 aromatic rings. The normalized spacial score (nSPS) is 48.9. The van der Waals surface area contributed by atoms with Gasteiger partial charge in [0.2, 0.25) is 0 Å². The second-order valence-corrected chi connectivity index (χ2v) is 12.1. The number of hydrogen-bond acceptors (Lipinski definition) is 4. The summed E-state index contributed by atoms with van der Waals surface area (Å²) in [6.45, 7) is 9.50. The molecule has 7 atom stereocenters. The molecular formula is C25H42O4. The van der Waals surface area contributed by atoms with Gasteiger partial charge in [0.05, 0.1) is 18.8 Å². The molecule has 4 nitrogen and oxygen atoms in total. The summed E-state index contributed by atoms with van der Waals surface area (Å²) in [7, 11) is 0. The van der Waals surface area contributed by atoms with Crippen LogP contribution >= 0.6 is 0 Å². The van der Waals surface area contributed by atoms with Crippen LogP contribution in [0.1, 0.15) is 91.9 Å². The van der Waals surface area contributed by atoms with Crippen LogP contribution in [-0.2, 0) is 9.53 Å². The Bertz CT molecular complexity index is 647. The van der Waals surface area contributed by atoms with E-state index in [-0.39, 0.29) is 29.3 Å². The highest BCUT2D eigenvalue weighted by Gasteiger charge is 2.69. The largest absolute Gasteiger partial charge is 0.465 e. The lowest BCUT2D eigenvalue weighted by Gasteiger charge is -2.67. The molecule has 4 heteroatoms. The number of fused-ring (bicyclic) bond motifs is 2. The molecule has 0 radical (unpaired) electrons. The third-order valence-electron chi connectivity index (χ3n) is 10.1. The lowest BCUT2D eigenvalue weighted by Crippen LogP contribution is -2.62. The molecule has 4 saturated carbocycles. The second-order valence-electron chi connectivity index (χ2n) is 12.1. The monoisotopic (exact) mass is 406 g/mol. The minimum Gasteiger partial charge on any atom is -0.465 e. The summed E-state index contributed by atoms with van der Waals surface area (Å²) in [6, 6.07) is 0. The van der Waals surface area contributed by atoms with E-state index in [0.717, 1.165) is 38.5 Å². The Labute approximate surface area is 176 Å². The molecule has 2 N–H and O–H groups in total. The molecule has 0 heterocycles. The summed E-state index contributed by atoms with van der Waals surface area (Å²) >= 11 is 0. The van der Waals surface area contributed by atoms with Crippen molar-refractivity contribution in [1.82, 2.24) is 0 Å². The number of aliphatic hydroxyl groups is 2. The van der Waals surface area contributed by atoms with Gasteiger partial charge in [-0.25, -0.2) is 0 Å². The third kappa shape index (κ3) is 3.19. The van der Waals surface area contributed by atoms with Crippen LogP contribution in [0.3, 0.4) is 0 Å². The average molecular weight is 407 g/mol. The highest BCUT2D eigenvalue weighted by molar-refractivity contribution is 5.69. The average Bonchev–Trinajstić information content (AvgIpc) is 3.06. The van der Waals surface area contributed by atoms with Crippen LogP contribution in [0.4, 0.5) is 0 Å². The Morgan fingerprint density at radius 3 is 2.52 bits per heavy atom. The standard InChI is InChI=1S/C25H42O4/c1-17(2)12-21(27)29-16-22(3)9-5-10-23(4)20(22)7-6-18-14-25(28,15-26)19-8-11-24(18,23)13-19/h17-20,26,28H,5-16H2,1-4H3. The summed E-state index contributed by atoms with van der Waals surface area (Å²) in [4.78, 5) is 12.3. The summed E-state index contributed by atoms with van der Waals surface area (Å²) in [5.41, 5.74) is -0.259. The van der Waals surface area contributed by atoms with Crippen LogP contribution in [0.25, 0.3) is 0 Å². The lowest BCUT2D eigenvalue weighted by molar-refractivity contribution is -0.212. The van der Waals surface area contributed by atoms with Crippen molar-refractivity contribution in [3.63, 3.8) is 0 Å². The predicted octanol–water partition coefficient (Wildman–Crippen LogP) is 4.71. The second kappa shape index (κ2) is 7.22. The van der Waals surface area contributed by atoms with E-state index in [1.165, 1.54) is 19.3 Å². The molecule has 4 fully saturated rings. The molecule has 0 aromatic carbocycles. The Morgan fingerprint density at radius 1 is 1.07 bits per heavy atom. The molecule has 1 spiro atoms. The Hall–Kier alpha value is -0.610. The van der Waals surface area contributed by atoms with Crippen LogP contribution in [0.2, 0.25) is 0 Å². The molecule has 0 saturated heterocycles. The first-order valence-electron chi connectivity index (χ1n) is 12.1. The van der Waals surface area contributed by atoms with Crippen molar-refractivity contribution >= 4 is 5.97 Å². The van der Waals surface area contributed by atoms with Crippen molar-refractivity contribution in [2.45, 2.75) is 97.5 Å². The summed E-state index contributed by atoms with van der Waals surface area (Å²) in [5.74, 6) is 1.63. The van der Waals surface area contributed by atoms with E-state index in [9.17, 15) is 15.0 Å². The molecule has 0 aromatic heterocycles. The van der Waals surface area contributed by atoms with Gasteiger partial charge < -0.3 is 14.9 Å². The maximum absolute atomic E-state index is 12.3. The van der Waals surface area contributed by atoms with Crippen molar-refractivity contribution in [2.75, 3.05) is 13.2 Å². The molecule has 0 aliphatic heterocycles. The van der Waals surface area contributed by atoms with Crippen LogP contribution in [0.15, 0.2) is 0 Å². The van der Waals surface area contributed by atoms with Gasteiger partial charge in [-0.05, 0) is 85.9 Å². The van der Waals surface area contributed by atoms with Crippen molar-refractivity contribution in [1.29, 1.82) is 0 Å². The van der Waals surface area contributed by atoms with Gasteiger partial charge in [0.15, 0.2) is 0 Å². The minimum absolute atomic E-state index is 0.0491. The predicted molar refractivity (Wildman–Crippen MR) is 113 cm³/mol. The van der Waals surface area contributed by atoms with Crippen LogP contribution in [0.5, 0.6) is 0 Å². The van der Waals surface area contributed by atoms with Gasteiger partial charge in [-0.1, -0.05) is 34.1 Å². The van der Waals surface area contributed by atoms with Gasteiger partial charge in [-0.2, -0.15) is 0 Å². The molecule has 166 valence electrons. The highest BCUT2D eigenvalue weighted by Crippen LogP contribution is 2.75. The fourth-order valence-corrected chi connectivity index (χ4v) is 8.67. The Kier molecular flexibility index (Phi) is 5.38. The molecule has 29 heavy (non-hydrogen) atoms.